The van der Waals surface area contributed by atoms with Crippen molar-refractivity contribution in [1.82, 2.24) is 25.0 Å². The Bertz CT molecular complexity index is 997. The van der Waals surface area contributed by atoms with Crippen LogP contribution in [0.15, 0.2) is 51.5 Å². The van der Waals surface area contributed by atoms with E-state index in [4.69, 9.17) is 10.4 Å². The van der Waals surface area contributed by atoms with E-state index in [1.807, 2.05) is 17.5 Å². The molecule has 4 aromatic rings. The summed E-state index contributed by atoms with van der Waals surface area (Å²) >= 11 is 2.82. The monoisotopic (exact) mass is 374 g/mol. The minimum Gasteiger partial charge on any atom is -0.338 e. The molecule has 10 heteroatoms. The zero-order chi connectivity index (χ0) is 17.2. The van der Waals surface area contributed by atoms with Crippen molar-refractivity contribution >= 4 is 23.1 Å². The molecule has 1 aromatic carbocycles. The Hall–Kier alpha value is -2.72. The molecule has 0 bridgehead atoms. The number of thioether (sulfide) groups is 1. The normalized spacial score (nSPS) is 11.1. The SMILES string of the molecule is Nn1c(SCc2nc(-c3cccs3)no2)nnc1-c1ccccc1F. The van der Waals surface area contributed by atoms with E-state index in [1.165, 1.54) is 33.8 Å². The van der Waals surface area contributed by atoms with E-state index in [2.05, 4.69) is 20.3 Å². The number of aromatic nitrogens is 5. The Morgan fingerprint density at radius 3 is 2.88 bits per heavy atom. The van der Waals surface area contributed by atoms with E-state index in [-0.39, 0.29) is 5.82 Å². The van der Waals surface area contributed by atoms with Gasteiger partial charge in [-0.1, -0.05) is 35.1 Å². The smallest absolute Gasteiger partial charge is 0.237 e. The van der Waals surface area contributed by atoms with Crippen LogP contribution in [0.4, 0.5) is 4.39 Å². The molecule has 0 atom stereocenters. The van der Waals surface area contributed by atoms with Crippen LogP contribution in [0.25, 0.3) is 22.1 Å². The Morgan fingerprint density at radius 2 is 2.08 bits per heavy atom. The second-order valence-electron chi connectivity index (χ2n) is 4.93. The highest BCUT2D eigenvalue weighted by atomic mass is 32.2. The van der Waals surface area contributed by atoms with Crippen molar-refractivity contribution in [2.24, 2.45) is 0 Å². The molecule has 0 saturated carbocycles. The summed E-state index contributed by atoms with van der Waals surface area (Å²) in [5.74, 6) is 7.21. The van der Waals surface area contributed by atoms with Crippen LogP contribution in [0.3, 0.4) is 0 Å². The average Bonchev–Trinajstić information content (AvgIpc) is 3.35. The van der Waals surface area contributed by atoms with Crippen molar-refractivity contribution in [3.8, 4) is 22.1 Å². The fourth-order valence-corrected chi connectivity index (χ4v) is 3.49. The molecule has 7 nitrogen and oxygen atoms in total. The first-order valence-corrected chi connectivity index (χ1v) is 9.03. The van der Waals surface area contributed by atoms with Gasteiger partial charge in [0.05, 0.1) is 16.2 Å². The molecule has 2 N–H and O–H groups in total. The van der Waals surface area contributed by atoms with Crippen molar-refractivity contribution in [2.45, 2.75) is 10.9 Å². The molecule has 0 aliphatic carbocycles. The summed E-state index contributed by atoms with van der Waals surface area (Å²) in [7, 11) is 0. The molecule has 0 saturated heterocycles. The van der Waals surface area contributed by atoms with Crippen molar-refractivity contribution < 1.29 is 8.91 Å². The lowest BCUT2D eigenvalue weighted by molar-refractivity contribution is 0.391. The molecule has 3 aromatic heterocycles. The molecule has 0 aliphatic heterocycles. The molecule has 126 valence electrons. The molecule has 0 radical (unpaired) electrons. The van der Waals surface area contributed by atoms with Gasteiger partial charge in [-0.3, -0.25) is 0 Å². The molecule has 0 aliphatic rings. The van der Waals surface area contributed by atoms with Gasteiger partial charge in [0, 0.05) is 0 Å². The zero-order valence-electron chi connectivity index (χ0n) is 12.7. The first kappa shape index (κ1) is 15.8. The molecule has 0 spiro atoms. The standard InChI is InChI=1S/C15H11FN6OS2/c16-10-5-2-1-4-9(10)14-19-20-15(22(14)17)25-8-12-18-13(21-23-12)11-6-3-7-24-11/h1-7H,8,17H2. The van der Waals surface area contributed by atoms with Crippen molar-refractivity contribution in [3.63, 3.8) is 0 Å². The topological polar surface area (TPSA) is 95.7 Å². The lowest BCUT2D eigenvalue weighted by Crippen LogP contribution is -2.12. The third-order valence-corrected chi connectivity index (χ3v) is 5.11. The second-order valence-corrected chi connectivity index (χ2v) is 6.82. The third-order valence-electron chi connectivity index (χ3n) is 3.31. The van der Waals surface area contributed by atoms with E-state index in [0.29, 0.717) is 28.2 Å². The highest BCUT2D eigenvalue weighted by Gasteiger charge is 2.17. The fraction of sp³-hybridized carbons (Fsp3) is 0.0667. The predicted molar refractivity (Wildman–Crippen MR) is 92.7 cm³/mol. The number of thiophene rings is 1. The number of nitrogens with zero attached hydrogens (tertiary/aromatic N) is 5. The van der Waals surface area contributed by atoms with Gasteiger partial charge < -0.3 is 10.4 Å². The number of nitrogen functional groups attached to an aromatic ring is 1. The molecule has 25 heavy (non-hydrogen) atoms. The molecule has 0 amide bonds. The quantitative estimate of drug-likeness (QED) is 0.423. The van der Waals surface area contributed by atoms with Crippen LogP contribution < -0.4 is 5.84 Å². The van der Waals surface area contributed by atoms with Gasteiger partial charge in [0.25, 0.3) is 0 Å². The van der Waals surface area contributed by atoms with Gasteiger partial charge in [0.1, 0.15) is 5.82 Å². The van der Waals surface area contributed by atoms with Gasteiger partial charge in [-0.25, -0.2) is 9.07 Å². The Labute approximate surface area is 149 Å². The maximum Gasteiger partial charge on any atom is 0.237 e. The summed E-state index contributed by atoms with van der Waals surface area (Å²) < 4.78 is 20.4. The van der Waals surface area contributed by atoms with Gasteiger partial charge in [0.2, 0.25) is 16.9 Å². The summed E-state index contributed by atoms with van der Waals surface area (Å²) in [5.41, 5.74) is 0.294. The lowest BCUT2D eigenvalue weighted by Gasteiger charge is -2.03. The highest BCUT2D eigenvalue weighted by molar-refractivity contribution is 7.98. The summed E-state index contributed by atoms with van der Waals surface area (Å²) in [6.07, 6.45) is 0. The first-order chi connectivity index (χ1) is 12.2. The van der Waals surface area contributed by atoms with Crippen molar-refractivity contribution in [3.05, 3.63) is 53.5 Å². The molecule has 0 fully saturated rings. The number of nitrogens with two attached hydrogens (primary N) is 1. The second kappa shape index (κ2) is 6.65. The van der Waals surface area contributed by atoms with Crippen molar-refractivity contribution in [2.75, 3.05) is 5.84 Å². The van der Waals surface area contributed by atoms with Gasteiger partial charge >= 0.3 is 0 Å². The summed E-state index contributed by atoms with van der Waals surface area (Å²) in [5, 5.41) is 14.3. The van der Waals surface area contributed by atoms with E-state index >= 15 is 0 Å². The number of hydrogen-bond acceptors (Lipinski definition) is 8. The molecule has 3 heterocycles. The third kappa shape index (κ3) is 3.13. The average molecular weight is 374 g/mol. The minimum absolute atomic E-state index is 0.255. The molecule has 4 rings (SSSR count). The van der Waals surface area contributed by atoms with Crippen LogP contribution in [0.2, 0.25) is 0 Å². The largest absolute Gasteiger partial charge is 0.338 e. The van der Waals surface area contributed by atoms with Crippen LogP contribution in [0.5, 0.6) is 0 Å². The van der Waals surface area contributed by atoms with Gasteiger partial charge in [-0.2, -0.15) is 4.98 Å². The Morgan fingerprint density at radius 1 is 1.20 bits per heavy atom. The number of halogens is 1. The first-order valence-electron chi connectivity index (χ1n) is 7.17. The van der Waals surface area contributed by atoms with Gasteiger partial charge in [0.15, 0.2) is 5.82 Å². The maximum atomic E-state index is 13.9. The number of rotatable bonds is 5. The molecule has 0 unspecified atom stereocenters. The highest BCUT2D eigenvalue weighted by Crippen LogP contribution is 2.27. The van der Waals surface area contributed by atoms with E-state index in [9.17, 15) is 4.39 Å². The fourth-order valence-electron chi connectivity index (χ4n) is 2.15. The minimum atomic E-state index is -0.407. The predicted octanol–water partition coefficient (Wildman–Crippen LogP) is 3.20. The zero-order valence-corrected chi connectivity index (χ0v) is 14.3. The van der Waals surface area contributed by atoms with E-state index in [1.54, 1.807) is 18.2 Å². The Balaban J connectivity index is 1.50. The summed E-state index contributed by atoms with van der Waals surface area (Å²) in [6.45, 7) is 0. The van der Waals surface area contributed by atoms with Crippen LogP contribution in [0, 0.1) is 5.82 Å². The number of hydrogen-bond donors (Lipinski definition) is 1. The van der Waals surface area contributed by atoms with E-state index in [0.717, 1.165) is 4.88 Å². The summed E-state index contributed by atoms with van der Waals surface area (Å²) in [6, 6.07) is 10.1. The van der Waals surface area contributed by atoms with Crippen LogP contribution in [0.1, 0.15) is 5.89 Å². The molecular formula is C15H11FN6OS2. The Kier molecular flexibility index (Phi) is 4.20. The molecular weight excluding hydrogens is 363 g/mol. The number of benzene rings is 1. The van der Waals surface area contributed by atoms with Crippen molar-refractivity contribution in [1.29, 1.82) is 0 Å². The maximum absolute atomic E-state index is 13.9. The van der Waals surface area contributed by atoms with Crippen LogP contribution in [-0.4, -0.2) is 25.0 Å². The van der Waals surface area contributed by atoms with Crippen LogP contribution in [-0.2, 0) is 5.75 Å². The lowest BCUT2D eigenvalue weighted by atomic mass is 10.2. The van der Waals surface area contributed by atoms with E-state index < -0.39 is 5.82 Å². The van der Waals surface area contributed by atoms with Gasteiger partial charge in [-0.15, -0.1) is 21.5 Å². The van der Waals surface area contributed by atoms with Gasteiger partial charge in [-0.05, 0) is 23.6 Å². The summed E-state index contributed by atoms with van der Waals surface area (Å²) in [4.78, 5) is 5.26. The van der Waals surface area contributed by atoms with Crippen LogP contribution >= 0.6 is 23.1 Å².